The molecule has 2 heterocycles. The Hall–Kier alpha value is -3.13. The van der Waals surface area contributed by atoms with Gasteiger partial charge in [-0.3, -0.25) is 0 Å². The number of hydrogen-bond donors (Lipinski definition) is 1. The van der Waals surface area contributed by atoms with Gasteiger partial charge in [-0.05, 0) is 46.5 Å². The molecule has 5 rings (SSSR count). The van der Waals surface area contributed by atoms with E-state index in [1.807, 2.05) is 18.2 Å². The van der Waals surface area contributed by atoms with Crippen LogP contribution < -0.4 is 0 Å². The van der Waals surface area contributed by atoms with Crippen LogP contribution >= 0.6 is 0 Å². The van der Waals surface area contributed by atoms with Crippen LogP contribution in [0.3, 0.4) is 0 Å². The number of rotatable bonds is 1. The van der Waals surface area contributed by atoms with Gasteiger partial charge in [0, 0.05) is 10.8 Å². The minimum atomic E-state index is 0.935. The summed E-state index contributed by atoms with van der Waals surface area (Å²) < 4.78 is 0. The Kier molecular flexibility index (Phi) is 2.53. The Morgan fingerprint density at radius 2 is 1.52 bits per heavy atom. The fourth-order valence-corrected chi connectivity index (χ4v) is 3.10. The molecule has 0 aliphatic heterocycles. The summed E-state index contributed by atoms with van der Waals surface area (Å²) in [6.45, 7) is 0. The van der Waals surface area contributed by atoms with Crippen molar-refractivity contribution in [1.29, 1.82) is 0 Å². The van der Waals surface area contributed by atoms with Gasteiger partial charge < -0.3 is 4.98 Å². The first-order valence-corrected chi connectivity index (χ1v) is 7.66. The highest BCUT2D eigenvalue weighted by atomic mass is 14.8. The summed E-state index contributed by atoms with van der Waals surface area (Å²) in [5.74, 6) is 0. The molecule has 1 N–H and O–H groups in total. The summed E-state index contributed by atoms with van der Waals surface area (Å²) in [6, 6.07) is 25.2. The van der Waals surface area contributed by atoms with Crippen LogP contribution in [0.2, 0.25) is 0 Å². The van der Waals surface area contributed by atoms with Gasteiger partial charge in [-0.1, -0.05) is 42.5 Å². The monoisotopic (exact) mass is 293 g/mol. The van der Waals surface area contributed by atoms with Gasteiger partial charge in [0.15, 0.2) is 0 Å². The van der Waals surface area contributed by atoms with Gasteiger partial charge in [0.25, 0.3) is 0 Å². The number of H-pyrrole nitrogens is 1. The van der Waals surface area contributed by atoms with E-state index in [1.54, 1.807) is 0 Å². The maximum Gasteiger partial charge on any atom is 0.0872 e. The first kappa shape index (κ1) is 12.4. The maximum atomic E-state index is 4.75. The number of para-hydroxylation sites is 1. The third-order valence-electron chi connectivity index (χ3n) is 4.31. The van der Waals surface area contributed by atoms with Gasteiger partial charge in [-0.25, -0.2) is 4.98 Å². The van der Waals surface area contributed by atoms with E-state index in [4.69, 9.17) is 4.98 Å². The predicted octanol–water partition coefficient (Wildman–Crippen LogP) is 5.34. The van der Waals surface area contributed by atoms with Crippen LogP contribution in [0.15, 0.2) is 72.8 Å². The van der Waals surface area contributed by atoms with Crippen molar-refractivity contribution in [3.63, 3.8) is 0 Å². The highest BCUT2D eigenvalue weighted by Gasteiger charge is 2.05. The second-order valence-electron chi connectivity index (χ2n) is 5.79. The third-order valence-corrected chi connectivity index (χ3v) is 4.31. The van der Waals surface area contributed by atoms with Crippen LogP contribution in [-0.4, -0.2) is 9.97 Å². The van der Waals surface area contributed by atoms with E-state index >= 15 is 0 Å². The van der Waals surface area contributed by atoms with Gasteiger partial charge in [0.05, 0.1) is 23.1 Å². The number of benzene rings is 2. The SMILES string of the molecule is [c]1[nH]c(-c2ccc3ccccc3n2)cc2cc3cccc3cc12. The molecule has 5 aromatic rings. The molecule has 0 bridgehead atoms. The van der Waals surface area contributed by atoms with E-state index in [2.05, 4.69) is 65.8 Å². The van der Waals surface area contributed by atoms with E-state index in [9.17, 15) is 0 Å². The first-order chi connectivity index (χ1) is 11.4. The van der Waals surface area contributed by atoms with Gasteiger partial charge in [-0.2, -0.15) is 0 Å². The Balaban J connectivity index is 1.72. The summed E-state index contributed by atoms with van der Waals surface area (Å²) in [5, 5.41) is 5.92. The number of aromatic nitrogens is 2. The molecule has 0 saturated carbocycles. The van der Waals surface area contributed by atoms with Crippen molar-refractivity contribution in [3.8, 4) is 11.4 Å². The number of nitrogens with one attached hydrogen (secondary N) is 1. The fraction of sp³-hybridized carbons (Fsp3) is 0. The lowest BCUT2D eigenvalue weighted by Crippen LogP contribution is -1.89. The molecule has 2 heteroatoms. The van der Waals surface area contributed by atoms with Crippen LogP contribution in [-0.2, 0) is 0 Å². The second-order valence-corrected chi connectivity index (χ2v) is 5.79. The zero-order valence-electron chi connectivity index (χ0n) is 12.4. The molecule has 0 aliphatic carbocycles. The number of pyridine rings is 2. The van der Waals surface area contributed by atoms with Crippen LogP contribution in [0.4, 0.5) is 0 Å². The van der Waals surface area contributed by atoms with Crippen LogP contribution in [0.1, 0.15) is 0 Å². The number of hydrogen-bond acceptors (Lipinski definition) is 1. The Morgan fingerprint density at radius 1 is 0.696 bits per heavy atom. The smallest absolute Gasteiger partial charge is 0.0872 e. The highest BCUT2D eigenvalue weighted by molar-refractivity contribution is 5.99. The molecule has 107 valence electrons. The molecular weight excluding hydrogens is 280 g/mol. The third kappa shape index (κ3) is 2.00. The fourth-order valence-electron chi connectivity index (χ4n) is 3.10. The first-order valence-electron chi connectivity index (χ1n) is 7.66. The lowest BCUT2D eigenvalue weighted by Gasteiger charge is -2.06. The minimum Gasteiger partial charge on any atom is -0.352 e. The number of fused-ring (bicyclic) bond motifs is 3. The lowest BCUT2D eigenvalue weighted by atomic mass is 10.1. The molecule has 2 aromatic heterocycles. The average Bonchev–Trinajstić information content (AvgIpc) is 3.06. The van der Waals surface area contributed by atoms with Gasteiger partial charge >= 0.3 is 0 Å². The molecule has 0 aliphatic rings. The predicted molar refractivity (Wildman–Crippen MR) is 95.4 cm³/mol. The Bertz CT molecular complexity index is 1170. The highest BCUT2D eigenvalue weighted by Crippen LogP contribution is 2.26. The Morgan fingerprint density at radius 3 is 2.48 bits per heavy atom. The molecule has 0 spiro atoms. The summed E-state index contributed by atoms with van der Waals surface area (Å²) >= 11 is 0. The van der Waals surface area contributed by atoms with E-state index in [0.29, 0.717) is 0 Å². The van der Waals surface area contributed by atoms with E-state index in [0.717, 1.165) is 27.7 Å². The summed E-state index contributed by atoms with van der Waals surface area (Å²) in [5.41, 5.74) is 2.92. The standard InChI is InChI=1S/C21H13N2/c1-2-7-19-14(4-1)8-9-20(23-19)21-12-17-10-15-5-3-6-16(15)11-18(17)13-22-21/h1-12,22H. The zero-order valence-corrected chi connectivity index (χ0v) is 12.4. The molecule has 0 unspecified atom stereocenters. The van der Waals surface area contributed by atoms with E-state index in [1.165, 1.54) is 16.2 Å². The lowest BCUT2D eigenvalue weighted by molar-refractivity contribution is 1.29. The molecular formula is C21H13N2. The van der Waals surface area contributed by atoms with Crippen LogP contribution in [0, 0.1) is 6.20 Å². The zero-order chi connectivity index (χ0) is 15.2. The topological polar surface area (TPSA) is 28.7 Å². The molecule has 0 fully saturated rings. The van der Waals surface area contributed by atoms with Crippen molar-refractivity contribution in [3.05, 3.63) is 79.0 Å². The maximum absolute atomic E-state index is 4.75. The van der Waals surface area contributed by atoms with Gasteiger partial charge in [-0.15, -0.1) is 0 Å². The minimum absolute atomic E-state index is 0.935. The molecule has 0 amide bonds. The number of nitrogens with zero attached hydrogens (tertiary/aromatic N) is 1. The quantitative estimate of drug-likeness (QED) is 0.444. The summed E-state index contributed by atoms with van der Waals surface area (Å²) in [4.78, 5) is 8.02. The van der Waals surface area contributed by atoms with Crippen molar-refractivity contribution in [2.24, 2.45) is 0 Å². The summed E-state index contributed by atoms with van der Waals surface area (Å²) in [6.07, 6.45) is 3.28. The van der Waals surface area contributed by atoms with Crippen molar-refractivity contribution in [2.45, 2.75) is 0 Å². The largest absolute Gasteiger partial charge is 0.352 e. The van der Waals surface area contributed by atoms with Crippen molar-refractivity contribution >= 4 is 32.4 Å². The summed E-state index contributed by atoms with van der Waals surface area (Å²) in [7, 11) is 0. The van der Waals surface area contributed by atoms with E-state index in [-0.39, 0.29) is 0 Å². The number of aromatic amines is 1. The Labute approximate surface area is 133 Å². The molecule has 0 atom stereocenters. The van der Waals surface area contributed by atoms with Crippen LogP contribution in [0.5, 0.6) is 0 Å². The molecule has 3 aromatic carbocycles. The molecule has 23 heavy (non-hydrogen) atoms. The van der Waals surface area contributed by atoms with Crippen LogP contribution in [0.25, 0.3) is 43.8 Å². The van der Waals surface area contributed by atoms with Crippen molar-refractivity contribution in [2.75, 3.05) is 0 Å². The van der Waals surface area contributed by atoms with Crippen molar-refractivity contribution in [1.82, 2.24) is 9.97 Å². The van der Waals surface area contributed by atoms with E-state index < -0.39 is 0 Å². The van der Waals surface area contributed by atoms with Gasteiger partial charge in [0.1, 0.15) is 0 Å². The normalized spacial score (nSPS) is 11.5. The van der Waals surface area contributed by atoms with Crippen molar-refractivity contribution < 1.29 is 0 Å². The van der Waals surface area contributed by atoms with Gasteiger partial charge in [0.2, 0.25) is 0 Å². The molecule has 1 radical (unpaired) electrons. The second kappa shape index (κ2) is 4.68. The molecule has 2 nitrogen and oxygen atoms in total. The molecule has 0 saturated heterocycles. The average molecular weight is 293 g/mol.